The predicted octanol–water partition coefficient (Wildman–Crippen LogP) is 0.223. The topological polar surface area (TPSA) is 61.8 Å². The molecule has 5 nitrogen and oxygen atoms in total. The lowest BCUT2D eigenvalue weighted by Crippen LogP contribution is -2.27. The summed E-state index contributed by atoms with van der Waals surface area (Å²) >= 11 is 0. The quantitative estimate of drug-likeness (QED) is 0.472. The van der Waals surface area contributed by atoms with Crippen molar-refractivity contribution < 1.29 is 4.94 Å². The van der Waals surface area contributed by atoms with Gasteiger partial charge in [-0.05, 0) is 13.8 Å². The molecule has 1 aliphatic rings. The summed E-state index contributed by atoms with van der Waals surface area (Å²) in [5.41, 5.74) is 0. The van der Waals surface area contributed by atoms with Gasteiger partial charge in [-0.25, -0.2) is 15.4 Å². The highest BCUT2D eigenvalue weighted by atomic mass is 17.1. The Bertz CT molecular complexity index is 98.0. The maximum Gasteiger partial charge on any atom is 0.0375 e. The molecule has 0 bridgehead atoms. The van der Waals surface area contributed by atoms with Gasteiger partial charge in [0.05, 0.1) is 0 Å². The number of rotatable bonds is 0. The van der Waals surface area contributed by atoms with Gasteiger partial charge in [0.25, 0.3) is 0 Å². The first-order valence-electron chi connectivity index (χ1n) is 2.73. The zero-order valence-electron chi connectivity index (χ0n) is 5.27. The first-order chi connectivity index (χ1) is 4.13. The smallest absolute Gasteiger partial charge is 0.0375 e. The number of nitrogens with zero attached hydrogens (tertiary/aromatic N) is 2. The minimum Gasteiger partial charge on any atom is -0.760 e. The fraction of sp³-hybridized carbons (Fsp3) is 1.00. The molecule has 54 valence electrons. The van der Waals surface area contributed by atoms with Crippen LogP contribution in [-0.2, 0) is 4.94 Å². The molecule has 0 saturated carbocycles. The molecule has 1 saturated heterocycles. The van der Waals surface area contributed by atoms with Gasteiger partial charge in [-0.3, -0.25) is 0 Å². The summed E-state index contributed by atoms with van der Waals surface area (Å²) in [5, 5.41) is 21.5. The fourth-order valence-corrected chi connectivity index (χ4v) is 0.580. The molecule has 0 radical (unpaired) electrons. The molecule has 2 atom stereocenters. The van der Waals surface area contributed by atoms with E-state index in [1.54, 1.807) is 13.8 Å². The van der Waals surface area contributed by atoms with E-state index in [4.69, 9.17) is 0 Å². The average molecular weight is 132 g/mol. The van der Waals surface area contributed by atoms with Crippen LogP contribution in [0.4, 0.5) is 0 Å². The largest absolute Gasteiger partial charge is 0.760 e. The Morgan fingerprint density at radius 3 is 1.56 bits per heavy atom. The van der Waals surface area contributed by atoms with Gasteiger partial charge in [0.15, 0.2) is 0 Å². The first kappa shape index (κ1) is 6.91. The monoisotopic (exact) mass is 132 g/mol. The molecule has 0 aromatic heterocycles. The number of hydrogen-bond acceptors (Lipinski definition) is 5. The molecule has 5 heteroatoms. The van der Waals surface area contributed by atoms with E-state index in [-0.39, 0.29) is 12.1 Å². The van der Waals surface area contributed by atoms with Crippen LogP contribution in [-0.4, -0.2) is 22.5 Å². The molecular formula is C4H8N2O3-2. The summed E-state index contributed by atoms with van der Waals surface area (Å²) in [5.74, 6) is 0. The van der Waals surface area contributed by atoms with Crippen molar-refractivity contribution in [3.05, 3.63) is 10.4 Å². The van der Waals surface area contributed by atoms with Crippen LogP contribution in [0.3, 0.4) is 0 Å². The second kappa shape index (κ2) is 2.20. The van der Waals surface area contributed by atoms with Crippen molar-refractivity contribution in [3.63, 3.8) is 0 Å². The summed E-state index contributed by atoms with van der Waals surface area (Å²) in [7, 11) is 0. The van der Waals surface area contributed by atoms with Crippen LogP contribution in [0.15, 0.2) is 0 Å². The zero-order chi connectivity index (χ0) is 7.02. The summed E-state index contributed by atoms with van der Waals surface area (Å²) in [6, 6.07) is -0.745. The third-order valence-electron chi connectivity index (χ3n) is 1.52. The molecule has 0 aromatic carbocycles. The summed E-state index contributed by atoms with van der Waals surface area (Å²) in [6.07, 6.45) is 0. The minimum atomic E-state index is -0.373. The van der Waals surface area contributed by atoms with E-state index in [1.807, 2.05) is 0 Å². The second-order valence-corrected chi connectivity index (χ2v) is 2.13. The van der Waals surface area contributed by atoms with Crippen LogP contribution in [0, 0.1) is 10.4 Å². The maximum absolute atomic E-state index is 10.4. The zero-order valence-corrected chi connectivity index (χ0v) is 5.27. The highest BCUT2D eigenvalue weighted by molar-refractivity contribution is 4.77. The minimum absolute atomic E-state index is 0.303. The van der Waals surface area contributed by atoms with Crippen LogP contribution in [0.2, 0.25) is 0 Å². The van der Waals surface area contributed by atoms with E-state index in [0.717, 1.165) is 0 Å². The SMILES string of the molecule is CC1C(C)N([O-])ON1[O-]. The van der Waals surface area contributed by atoms with Crippen molar-refractivity contribution in [3.8, 4) is 0 Å². The Hall–Kier alpha value is -0.200. The van der Waals surface area contributed by atoms with E-state index < -0.39 is 0 Å². The molecule has 0 aromatic rings. The Morgan fingerprint density at radius 1 is 1.11 bits per heavy atom. The van der Waals surface area contributed by atoms with Crippen LogP contribution in [0.1, 0.15) is 13.8 Å². The molecule has 9 heavy (non-hydrogen) atoms. The van der Waals surface area contributed by atoms with Gasteiger partial charge in [-0.1, -0.05) is 0 Å². The van der Waals surface area contributed by atoms with E-state index >= 15 is 0 Å². The van der Waals surface area contributed by atoms with Gasteiger partial charge in [0, 0.05) is 12.1 Å². The van der Waals surface area contributed by atoms with E-state index in [2.05, 4.69) is 4.94 Å². The number of hydrogen-bond donors (Lipinski definition) is 0. The summed E-state index contributed by atoms with van der Waals surface area (Å²) in [4.78, 5) is 4.14. The fourth-order valence-electron chi connectivity index (χ4n) is 0.580. The van der Waals surface area contributed by atoms with Gasteiger partial charge < -0.3 is 10.4 Å². The van der Waals surface area contributed by atoms with Gasteiger partial charge in [-0.2, -0.15) is 0 Å². The van der Waals surface area contributed by atoms with E-state index in [1.165, 1.54) is 0 Å². The summed E-state index contributed by atoms with van der Waals surface area (Å²) in [6.45, 7) is 3.27. The highest BCUT2D eigenvalue weighted by Crippen LogP contribution is 2.18. The molecule has 0 amide bonds. The number of hydroxylamine groups is 4. The van der Waals surface area contributed by atoms with Gasteiger partial charge in [0.2, 0.25) is 0 Å². The van der Waals surface area contributed by atoms with Crippen molar-refractivity contribution in [2.24, 2.45) is 0 Å². The Balaban J connectivity index is 2.54. The molecule has 1 fully saturated rings. The molecular weight excluding hydrogens is 124 g/mol. The standard InChI is InChI=1S/C4H8N2O3/c1-3-4(2)6(8)9-5(3)7/h3-4H,1-2H3/q-2. The van der Waals surface area contributed by atoms with Crippen molar-refractivity contribution in [2.75, 3.05) is 0 Å². The molecule has 0 aliphatic carbocycles. The Kier molecular flexibility index (Phi) is 1.69. The van der Waals surface area contributed by atoms with Crippen LogP contribution in [0.25, 0.3) is 0 Å². The first-order valence-corrected chi connectivity index (χ1v) is 2.73. The highest BCUT2D eigenvalue weighted by Gasteiger charge is 2.24. The normalized spacial score (nSPS) is 40.0. The lowest BCUT2D eigenvalue weighted by Gasteiger charge is -2.25. The maximum atomic E-state index is 10.4. The molecule has 0 N–H and O–H groups in total. The van der Waals surface area contributed by atoms with Crippen LogP contribution in [0.5, 0.6) is 0 Å². The average Bonchev–Trinajstić information content (AvgIpc) is 1.98. The Labute approximate surface area is 52.9 Å². The summed E-state index contributed by atoms with van der Waals surface area (Å²) < 4.78 is 0. The third-order valence-corrected chi connectivity index (χ3v) is 1.52. The third kappa shape index (κ3) is 1.05. The lowest BCUT2D eigenvalue weighted by molar-refractivity contribution is -0.233. The van der Waals surface area contributed by atoms with Crippen molar-refractivity contribution in [1.29, 1.82) is 0 Å². The van der Waals surface area contributed by atoms with Gasteiger partial charge in [0.1, 0.15) is 0 Å². The van der Waals surface area contributed by atoms with Crippen molar-refractivity contribution in [1.82, 2.24) is 10.5 Å². The van der Waals surface area contributed by atoms with E-state index in [9.17, 15) is 10.4 Å². The molecule has 0 spiro atoms. The predicted molar refractivity (Wildman–Crippen MR) is 30.4 cm³/mol. The molecule has 1 rings (SSSR count). The molecule has 2 unspecified atom stereocenters. The molecule has 1 aliphatic heterocycles. The van der Waals surface area contributed by atoms with Gasteiger partial charge in [-0.15, -0.1) is 0 Å². The second-order valence-electron chi connectivity index (χ2n) is 2.13. The van der Waals surface area contributed by atoms with Gasteiger partial charge >= 0.3 is 0 Å². The van der Waals surface area contributed by atoms with Crippen LogP contribution < -0.4 is 0 Å². The molecule has 1 heterocycles. The van der Waals surface area contributed by atoms with Crippen molar-refractivity contribution in [2.45, 2.75) is 25.9 Å². The Morgan fingerprint density at radius 2 is 1.44 bits per heavy atom. The van der Waals surface area contributed by atoms with Crippen LogP contribution >= 0.6 is 0 Å². The van der Waals surface area contributed by atoms with Crippen molar-refractivity contribution >= 4 is 0 Å². The van der Waals surface area contributed by atoms with E-state index in [0.29, 0.717) is 10.5 Å². The lowest BCUT2D eigenvalue weighted by atomic mass is 10.2.